The lowest BCUT2D eigenvalue weighted by Gasteiger charge is -1.84. The first-order valence-corrected chi connectivity index (χ1v) is 4.08. The lowest BCUT2D eigenvalue weighted by atomic mass is 11.4. The minimum absolute atomic E-state index is 2.65. The van der Waals surface area contributed by atoms with Crippen LogP contribution >= 0.6 is 16.5 Å². The van der Waals surface area contributed by atoms with E-state index in [4.69, 9.17) is 9.79 Å². The van der Waals surface area contributed by atoms with E-state index in [2.05, 4.69) is 9.05 Å². The van der Waals surface area contributed by atoms with Crippen molar-refractivity contribution < 1.29 is 32.4 Å². The van der Waals surface area contributed by atoms with E-state index in [9.17, 15) is 13.5 Å². The van der Waals surface area contributed by atoms with Crippen LogP contribution in [0.5, 0.6) is 0 Å². The minimum Gasteiger partial charge on any atom is -0.175 e. The van der Waals surface area contributed by atoms with E-state index < -0.39 is 23.1 Å². The Balaban J connectivity index is 3.53. The fourth-order valence-corrected chi connectivity index (χ4v) is 0.599. The highest BCUT2D eigenvalue weighted by atomic mass is 31.1. The van der Waals surface area contributed by atoms with Crippen LogP contribution in [-0.4, -0.2) is 16.3 Å². The SMILES string of the molecule is O=[P+](O)OC(F)O[P+](=O)O. The molecule has 0 saturated carbocycles. The highest BCUT2D eigenvalue weighted by molar-refractivity contribution is 7.32. The second-order valence-corrected chi connectivity index (χ2v) is 2.33. The van der Waals surface area contributed by atoms with Crippen LogP contribution in [0.4, 0.5) is 4.39 Å². The molecule has 58 valence electrons. The molecule has 0 fully saturated rings. The van der Waals surface area contributed by atoms with Crippen molar-refractivity contribution in [3.8, 4) is 0 Å². The standard InChI is InChI=1S/CHFO6P2/c2-1(7-9(3)4)8-10(5)6/h1H/p+2. The lowest BCUT2D eigenvalue weighted by molar-refractivity contribution is -0.0991. The Morgan fingerprint density at radius 1 is 1.20 bits per heavy atom. The Kier molecular flexibility index (Phi) is 4.72. The third-order valence-electron chi connectivity index (χ3n) is 0.346. The molecule has 2 N–H and O–H groups in total. The maximum Gasteiger partial charge on any atom is 0.700 e. The van der Waals surface area contributed by atoms with Crippen molar-refractivity contribution >= 4 is 16.5 Å². The van der Waals surface area contributed by atoms with Crippen LogP contribution in [0, 0.1) is 0 Å². The molecule has 0 aromatic carbocycles. The molecule has 0 heterocycles. The number of halogens is 1. The maximum atomic E-state index is 11.8. The van der Waals surface area contributed by atoms with Gasteiger partial charge in [-0.1, -0.05) is 0 Å². The van der Waals surface area contributed by atoms with Crippen LogP contribution in [-0.2, 0) is 18.2 Å². The average Bonchev–Trinajstić information content (AvgIpc) is 1.58. The van der Waals surface area contributed by atoms with Gasteiger partial charge in [0.05, 0.1) is 0 Å². The van der Waals surface area contributed by atoms with E-state index in [1.165, 1.54) is 0 Å². The Bertz CT molecular complexity index is 131. The molecule has 0 radical (unpaired) electrons. The first-order chi connectivity index (χ1) is 4.52. The summed E-state index contributed by atoms with van der Waals surface area (Å²) in [6, 6.07) is 0. The third-order valence-corrected chi connectivity index (χ3v) is 1.04. The highest BCUT2D eigenvalue weighted by Crippen LogP contribution is 2.26. The van der Waals surface area contributed by atoms with Crippen LogP contribution < -0.4 is 0 Å². The van der Waals surface area contributed by atoms with Gasteiger partial charge in [0.2, 0.25) is 0 Å². The van der Waals surface area contributed by atoms with Gasteiger partial charge in [0.15, 0.2) is 0 Å². The monoisotopic (exact) mass is 192 g/mol. The molecule has 10 heavy (non-hydrogen) atoms. The number of hydrogen-bond donors (Lipinski definition) is 2. The topological polar surface area (TPSA) is 93.1 Å². The van der Waals surface area contributed by atoms with E-state index in [1.807, 2.05) is 0 Å². The maximum absolute atomic E-state index is 11.8. The molecule has 0 aliphatic carbocycles. The summed E-state index contributed by atoms with van der Waals surface area (Å²) in [4.78, 5) is 15.7. The molecular weight excluding hydrogens is 189 g/mol. The van der Waals surface area contributed by atoms with Gasteiger partial charge >= 0.3 is 23.1 Å². The largest absolute Gasteiger partial charge is 0.700 e. The molecule has 9 heteroatoms. The molecule has 0 aliphatic rings. The Morgan fingerprint density at radius 3 is 1.70 bits per heavy atom. The molecule has 0 bridgehead atoms. The van der Waals surface area contributed by atoms with Crippen molar-refractivity contribution in [1.29, 1.82) is 0 Å². The van der Waals surface area contributed by atoms with Crippen LogP contribution in [0.15, 0.2) is 0 Å². The predicted octanol–water partition coefficient (Wildman–Crippen LogP) is 0.572. The summed E-state index contributed by atoms with van der Waals surface area (Å²) in [5.74, 6) is 0. The summed E-state index contributed by atoms with van der Waals surface area (Å²) in [6.07, 6.45) is 0. The van der Waals surface area contributed by atoms with Crippen molar-refractivity contribution in [3.05, 3.63) is 0 Å². The zero-order valence-corrected chi connectivity index (χ0v) is 6.17. The van der Waals surface area contributed by atoms with E-state index >= 15 is 0 Å². The Morgan fingerprint density at radius 2 is 1.50 bits per heavy atom. The first-order valence-electron chi connectivity index (χ1n) is 1.82. The van der Waals surface area contributed by atoms with Gasteiger partial charge in [0.25, 0.3) is 0 Å². The van der Waals surface area contributed by atoms with E-state index in [0.717, 1.165) is 0 Å². The summed E-state index contributed by atoms with van der Waals surface area (Å²) >= 11 is 0. The molecule has 0 aromatic heterocycles. The van der Waals surface area contributed by atoms with Gasteiger partial charge < -0.3 is 0 Å². The van der Waals surface area contributed by atoms with Crippen molar-refractivity contribution in [1.82, 2.24) is 0 Å². The van der Waals surface area contributed by atoms with Gasteiger partial charge in [-0.05, 0) is 9.05 Å². The summed E-state index contributed by atoms with van der Waals surface area (Å²) in [6.45, 7) is -2.65. The molecule has 0 spiro atoms. The van der Waals surface area contributed by atoms with Crippen LogP contribution in [0.25, 0.3) is 0 Å². The summed E-state index contributed by atoms with van der Waals surface area (Å²) < 4.78 is 37.8. The normalized spacial score (nSPS) is 16.3. The van der Waals surface area contributed by atoms with Crippen LogP contribution in [0.2, 0.25) is 0 Å². The molecule has 0 aliphatic heterocycles. The third kappa shape index (κ3) is 6.10. The zero-order chi connectivity index (χ0) is 8.15. The van der Waals surface area contributed by atoms with Crippen molar-refractivity contribution in [3.63, 3.8) is 0 Å². The number of hydrogen-bond acceptors (Lipinski definition) is 4. The van der Waals surface area contributed by atoms with Gasteiger partial charge in [-0.3, -0.25) is 0 Å². The van der Waals surface area contributed by atoms with Gasteiger partial charge in [-0.2, -0.15) is 4.39 Å². The van der Waals surface area contributed by atoms with Crippen LogP contribution in [0.1, 0.15) is 0 Å². The summed E-state index contributed by atoms with van der Waals surface area (Å²) in [7, 11) is -6.32. The van der Waals surface area contributed by atoms with E-state index in [1.54, 1.807) is 0 Å². The molecule has 0 saturated heterocycles. The Labute approximate surface area is 56.5 Å². The summed E-state index contributed by atoms with van der Waals surface area (Å²) in [5, 5.41) is 0. The number of rotatable bonds is 4. The molecule has 0 rings (SSSR count). The summed E-state index contributed by atoms with van der Waals surface area (Å²) in [5.41, 5.74) is 0. The van der Waals surface area contributed by atoms with E-state index in [0.29, 0.717) is 0 Å². The zero-order valence-electron chi connectivity index (χ0n) is 4.38. The molecule has 0 aromatic rings. The van der Waals surface area contributed by atoms with Gasteiger partial charge in [0.1, 0.15) is 0 Å². The molecular formula is CH3FO6P2+2. The average molecular weight is 192 g/mol. The lowest BCUT2D eigenvalue weighted by Crippen LogP contribution is -2.00. The Hall–Kier alpha value is -0.0300. The van der Waals surface area contributed by atoms with Crippen LogP contribution in [0.3, 0.4) is 0 Å². The molecule has 0 amide bonds. The fraction of sp³-hybridized carbons (Fsp3) is 1.00. The fourth-order valence-electron chi connectivity index (χ4n) is 0.161. The molecule has 2 unspecified atom stereocenters. The van der Waals surface area contributed by atoms with Gasteiger partial charge in [0, 0.05) is 9.13 Å². The quantitative estimate of drug-likeness (QED) is 0.499. The van der Waals surface area contributed by atoms with Gasteiger partial charge in [-0.25, -0.2) is 0 Å². The second kappa shape index (κ2) is 4.73. The van der Waals surface area contributed by atoms with Crippen molar-refractivity contribution in [2.24, 2.45) is 0 Å². The van der Waals surface area contributed by atoms with E-state index in [-0.39, 0.29) is 0 Å². The van der Waals surface area contributed by atoms with Gasteiger partial charge in [-0.15, -0.1) is 9.79 Å². The van der Waals surface area contributed by atoms with Crippen molar-refractivity contribution in [2.45, 2.75) is 6.54 Å². The minimum atomic E-state index is -3.16. The van der Waals surface area contributed by atoms with Crippen molar-refractivity contribution in [2.75, 3.05) is 0 Å². The number of alkyl halides is 1. The second-order valence-electron chi connectivity index (χ2n) is 0.961. The highest BCUT2D eigenvalue weighted by Gasteiger charge is 2.31. The predicted molar refractivity (Wildman–Crippen MR) is 26.7 cm³/mol. The first kappa shape index (κ1) is 9.97. The molecule has 6 nitrogen and oxygen atoms in total. The smallest absolute Gasteiger partial charge is 0.175 e. The molecule has 2 atom stereocenters.